The van der Waals surface area contributed by atoms with Gasteiger partial charge in [0.15, 0.2) is 5.65 Å². The van der Waals surface area contributed by atoms with Gasteiger partial charge >= 0.3 is 0 Å². The summed E-state index contributed by atoms with van der Waals surface area (Å²) in [5.41, 5.74) is 2.74. The topological polar surface area (TPSA) is 83.6 Å². The minimum absolute atomic E-state index is 0.109. The number of carbonyl (C=O) groups excluding carboxylic acids is 1. The van der Waals surface area contributed by atoms with E-state index in [-0.39, 0.29) is 5.91 Å². The number of benzene rings is 1. The van der Waals surface area contributed by atoms with Crippen molar-refractivity contribution in [3.63, 3.8) is 0 Å². The smallest absolute Gasteiger partial charge is 0.224 e. The molecular formula is C22H23N5OS. The van der Waals surface area contributed by atoms with Gasteiger partial charge in [-0.1, -0.05) is 24.3 Å². The summed E-state index contributed by atoms with van der Waals surface area (Å²) in [6, 6.07) is 8.04. The number of amides is 1. The Morgan fingerprint density at radius 2 is 2.21 bits per heavy atom. The Morgan fingerprint density at radius 3 is 3.07 bits per heavy atom. The maximum atomic E-state index is 12.4. The van der Waals surface area contributed by atoms with Gasteiger partial charge in [0.2, 0.25) is 5.91 Å². The number of nitrogens with one attached hydrogen (secondary N) is 2. The van der Waals surface area contributed by atoms with Gasteiger partial charge in [-0.05, 0) is 54.7 Å². The third-order valence-electron chi connectivity index (χ3n) is 5.96. The molecule has 1 saturated carbocycles. The number of carbonyl (C=O) groups is 1. The molecule has 2 heterocycles. The number of fused-ring (bicyclic) bond motifs is 3. The zero-order valence-corrected chi connectivity index (χ0v) is 16.9. The highest BCUT2D eigenvalue weighted by molar-refractivity contribution is 7.98. The number of H-pyrrole nitrogens is 1. The fourth-order valence-corrected chi connectivity index (χ4v) is 5.42. The largest absolute Gasteiger partial charge is 0.326 e. The predicted octanol–water partition coefficient (Wildman–Crippen LogP) is 4.58. The quantitative estimate of drug-likeness (QED) is 0.342. The van der Waals surface area contributed by atoms with Gasteiger partial charge < -0.3 is 5.32 Å². The van der Waals surface area contributed by atoms with Gasteiger partial charge in [0, 0.05) is 17.9 Å². The molecule has 0 radical (unpaired) electrons. The SMILES string of the molecule is O=C(CCC1C[C@H]2C=C[C@@H]1C2)Nc1cccc(CSc2ncnc3[nH]ncc23)c1. The second kappa shape index (κ2) is 7.99. The second-order valence-electron chi connectivity index (χ2n) is 7.93. The van der Waals surface area contributed by atoms with Crippen LogP contribution in [0.15, 0.2) is 54.0 Å². The number of anilines is 1. The van der Waals surface area contributed by atoms with Crippen LogP contribution < -0.4 is 5.32 Å². The molecule has 29 heavy (non-hydrogen) atoms. The number of rotatable bonds is 7. The number of aromatic amines is 1. The number of aromatic nitrogens is 4. The average Bonchev–Trinajstić information content (AvgIpc) is 3.47. The molecule has 3 aromatic rings. The third kappa shape index (κ3) is 4.05. The lowest BCUT2D eigenvalue weighted by Gasteiger charge is -2.17. The van der Waals surface area contributed by atoms with Gasteiger partial charge in [-0.25, -0.2) is 9.97 Å². The van der Waals surface area contributed by atoms with Gasteiger partial charge in [-0.3, -0.25) is 9.89 Å². The number of hydrogen-bond donors (Lipinski definition) is 2. The summed E-state index contributed by atoms with van der Waals surface area (Å²) in [5, 5.41) is 11.8. The van der Waals surface area contributed by atoms with Crippen LogP contribution in [0.5, 0.6) is 0 Å². The lowest BCUT2D eigenvalue weighted by atomic mass is 9.89. The monoisotopic (exact) mass is 405 g/mol. The second-order valence-corrected chi connectivity index (χ2v) is 8.89. The number of allylic oxidation sites excluding steroid dienone is 2. The van der Waals surface area contributed by atoms with Gasteiger partial charge in [-0.2, -0.15) is 5.10 Å². The van der Waals surface area contributed by atoms with Crippen LogP contribution >= 0.6 is 11.8 Å². The fraction of sp³-hybridized carbons (Fsp3) is 0.364. The summed E-state index contributed by atoms with van der Waals surface area (Å²) >= 11 is 1.64. The summed E-state index contributed by atoms with van der Waals surface area (Å²) < 4.78 is 0. The first kappa shape index (κ1) is 18.4. The van der Waals surface area contributed by atoms with E-state index >= 15 is 0 Å². The van der Waals surface area contributed by atoms with Crippen molar-refractivity contribution >= 4 is 34.4 Å². The summed E-state index contributed by atoms with van der Waals surface area (Å²) in [6.45, 7) is 0. The number of hydrogen-bond acceptors (Lipinski definition) is 5. The van der Waals surface area contributed by atoms with E-state index in [0.717, 1.165) is 45.4 Å². The summed E-state index contributed by atoms with van der Waals surface area (Å²) in [6.07, 6.45) is 12.1. The first-order valence-electron chi connectivity index (χ1n) is 10.1. The van der Waals surface area contributed by atoms with Crippen molar-refractivity contribution in [1.82, 2.24) is 20.2 Å². The van der Waals surface area contributed by atoms with Gasteiger partial charge in [-0.15, -0.1) is 11.8 Å². The van der Waals surface area contributed by atoms with Crippen LogP contribution in [-0.2, 0) is 10.5 Å². The van der Waals surface area contributed by atoms with Gasteiger partial charge in [0.05, 0.1) is 11.6 Å². The molecular weight excluding hydrogens is 382 g/mol. The van der Waals surface area contributed by atoms with E-state index in [2.05, 4.69) is 43.7 Å². The minimum Gasteiger partial charge on any atom is -0.326 e. The van der Waals surface area contributed by atoms with Crippen molar-refractivity contribution in [3.05, 3.63) is 54.5 Å². The number of thioether (sulfide) groups is 1. The molecule has 2 aliphatic rings. The number of nitrogens with zero attached hydrogens (tertiary/aromatic N) is 3. The van der Waals surface area contributed by atoms with Crippen LogP contribution in [0, 0.1) is 17.8 Å². The summed E-state index contributed by atoms with van der Waals surface area (Å²) in [7, 11) is 0. The van der Waals surface area contributed by atoms with Crippen molar-refractivity contribution in [2.45, 2.75) is 36.5 Å². The molecule has 1 fully saturated rings. The Kier molecular flexibility index (Phi) is 5.06. The molecule has 148 valence electrons. The van der Waals surface area contributed by atoms with Gasteiger partial charge in [0.1, 0.15) is 11.4 Å². The van der Waals surface area contributed by atoms with E-state index < -0.39 is 0 Å². The summed E-state index contributed by atoms with van der Waals surface area (Å²) in [4.78, 5) is 21.0. The highest BCUT2D eigenvalue weighted by atomic mass is 32.2. The normalized spacial score (nSPS) is 22.4. The zero-order valence-electron chi connectivity index (χ0n) is 16.0. The predicted molar refractivity (Wildman–Crippen MR) is 114 cm³/mol. The average molecular weight is 406 g/mol. The maximum Gasteiger partial charge on any atom is 0.224 e. The van der Waals surface area contributed by atoms with Crippen LogP contribution in [0.3, 0.4) is 0 Å². The summed E-state index contributed by atoms with van der Waals surface area (Å²) in [5.74, 6) is 3.03. The Bertz CT molecular complexity index is 1060. The van der Waals surface area contributed by atoms with Crippen LogP contribution in [0.1, 0.15) is 31.2 Å². The van der Waals surface area contributed by atoms with Crippen molar-refractivity contribution in [2.24, 2.45) is 17.8 Å². The Morgan fingerprint density at radius 1 is 1.24 bits per heavy atom. The van der Waals surface area contributed by atoms with Crippen LogP contribution in [0.25, 0.3) is 11.0 Å². The molecule has 2 aliphatic carbocycles. The molecule has 2 N–H and O–H groups in total. The highest BCUT2D eigenvalue weighted by Gasteiger charge is 2.35. The van der Waals surface area contributed by atoms with E-state index in [4.69, 9.17) is 0 Å². The van der Waals surface area contributed by atoms with E-state index in [1.807, 2.05) is 18.2 Å². The third-order valence-corrected chi connectivity index (χ3v) is 7.03. The highest BCUT2D eigenvalue weighted by Crippen LogP contribution is 2.45. The van der Waals surface area contributed by atoms with E-state index in [1.165, 1.54) is 12.8 Å². The molecule has 0 spiro atoms. The molecule has 0 aliphatic heterocycles. The Hall–Kier alpha value is -2.67. The standard InChI is InChI=1S/C22H23N5OS/c28-20(7-6-17-9-14-4-5-16(17)8-14)26-18-3-1-2-15(10-18)12-29-22-19-11-25-27-21(19)23-13-24-22/h1-5,10-11,13-14,16-17H,6-9,12H2,(H,26,28)(H,23,24,25,27)/t14-,16+,17?/m0/s1. The molecule has 2 bridgehead atoms. The minimum atomic E-state index is 0.109. The van der Waals surface area contributed by atoms with Crippen molar-refractivity contribution < 1.29 is 4.79 Å². The lowest BCUT2D eigenvalue weighted by Crippen LogP contribution is -2.15. The molecule has 5 rings (SSSR count). The Labute approximate surface area is 173 Å². The fourth-order valence-electron chi connectivity index (χ4n) is 4.51. The van der Waals surface area contributed by atoms with E-state index in [1.54, 1.807) is 24.3 Å². The zero-order chi connectivity index (χ0) is 19.6. The molecule has 1 aromatic carbocycles. The molecule has 6 nitrogen and oxygen atoms in total. The van der Waals surface area contributed by atoms with Crippen molar-refractivity contribution in [2.75, 3.05) is 5.32 Å². The molecule has 2 aromatic heterocycles. The van der Waals surface area contributed by atoms with Crippen LogP contribution in [-0.4, -0.2) is 26.1 Å². The lowest BCUT2D eigenvalue weighted by molar-refractivity contribution is -0.116. The molecule has 0 saturated heterocycles. The molecule has 1 amide bonds. The van der Waals surface area contributed by atoms with E-state index in [0.29, 0.717) is 18.3 Å². The van der Waals surface area contributed by atoms with Crippen LogP contribution in [0.4, 0.5) is 5.69 Å². The van der Waals surface area contributed by atoms with Crippen molar-refractivity contribution in [3.8, 4) is 0 Å². The first-order chi connectivity index (χ1) is 14.2. The van der Waals surface area contributed by atoms with Gasteiger partial charge in [0.25, 0.3) is 0 Å². The molecule has 7 heteroatoms. The van der Waals surface area contributed by atoms with E-state index in [9.17, 15) is 4.79 Å². The molecule has 1 unspecified atom stereocenters. The first-order valence-corrected chi connectivity index (χ1v) is 11.1. The Balaban J connectivity index is 1.16. The van der Waals surface area contributed by atoms with Crippen LogP contribution in [0.2, 0.25) is 0 Å². The molecule has 3 atom stereocenters. The van der Waals surface area contributed by atoms with Crippen molar-refractivity contribution in [1.29, 1.82) is 0 Å². The maximum absolute atomic E-state index is 12.4.